The maximum absolute atomic E-state index is 12.6. The molecule has 1 N–H and O–H groups in total. The highest BCUT2D eigenvalue weighted by molar-refractivity contribution is 5.97. The first kappa shape index (κ1) is 15.7. The number of hydrogen-bond acceptors (Lipinski definition) is 3. The molecule has 3 aromatic rings. The maximum Gasteiger partial charge on any atom is 0.335 e. The number of carbonyl (C=O) groups is 2. The number of rotatable bonds is 4. The van der Waals surface area contributed by atoms with Crippen molar-refractivity contribution in [2.75, 3.05) is 7.05 Å². The molecular formula is C19H16N2O3. The topological polar surface area (TPSA) is 70.5 Å². The number of amides is 1. The molecule has 0 aliphatic heterocycles. The van der Waals surface area contributed by atoms with Crippen molar-refractivity contribution < 1.29 is 14.7 Å². The van der Waals surface area contributed by atoms with Crippen LogP contribution in [-0.2, 0) is 6.54 Å². The second-order valence-corrected chi connectivity index (χ2v) is 5.57. The molecule has 0 aliphatic carbocycles. The van der Waals surface area contributed by atoms with Gasteiger partial charge in [-0.2, -0.15) is 0 Å². The van der Waals surface area contributed by atoms with Gasteiger partial charge in [0, 0.05) is 30.7 Å². The van der Waals surface area contributed by atoms with Gasteiger partial charge in [0.25, 0.3) is 5.91 Å². The predicted molar refractivity (Wildman–Crippen MR) is 90.9 cm³/mol. The van der Waals surface area contributed by atoms with E-state index >= 15 is 0 Å². The fourth-order valence-electron chi connectivity index (χ4n) is 2.53. The van der Waals surface area contributed by atoms with Gasteiger partial charge in [0.15, 0.2) is 0 Å². The van der Waals surface area contributed by atoms with Crippen molar-refractivity contribution in [2.45, 2.75) is 6.54 Å². The van der Waals surface area contributed by atoms with E-state index in [0.29, 0.717) is 12.1 Å². The molecule has 0 bridgehead atoms. The number of carbonyl (C=O) groups excluding carboxylic acids is 1. The van der Waals surface area contributed by atoms with Crippen molar-refractivity contribution >= 4 is 22.8 Å². The average Bonchev–Trinajstić information content (AvgIpc) is 2.61. The summed E-state index contributed by atoms with van der Waals surface area (Å²) in [6.07, 6.45) is 1.72. The van der Waals surface area contributed by atoms with Crippen LogP contribution in [0.3, 0.4) is 0 Å². The van der Waals surface area contributed by atoms with Crippen molar-refractivity contribution in [3.05, 3.63) is 77.5 Å². The first-order valence-corrected chi connectivity index (χ1v) is 7.47. The standard InChI is InChI=1S/C19H16N2O3/c1-21(12-13-4-6-14(7-5-13)19(23)24)18(22)16-8-9-17-15(11-16)3-2-10-20-17/h2-11H,12H2,1H3,(H,23,24). The van der Waals surface area contributed by atoms with E-state index in [-0.39, 0.29) is 11.5 Å². The lowest BCUT2D eigenvalue weighted by molar-refractivity contribution is 0.0695. The fraction of sp³-hybridized carbons (Fsp3) is 0.105. The Balaban J connectivity index is 1.76. The Hall–Kier alpha value is -3.21. The largest absolute Gasteiger partial charge is 0.478 e. The molecule has 1 amide bonds. The number of carboxylic acids is 1. The maximum atomic E-state index is 12.6. The minimum atomic E-state index is -0.962. The summed E-state index contributed by atoms with van der Waals surface area (Å²) < 4.78 is 0. The van der Waals surface area contributed by atoms with E-state index in [2.05, 4.69) is 4.98 Å². The summed E-state index contributed by atoms with van der Waals surface area (Å²) in [6.45, 7) is 0.407. The zero-order valence-corrected chi connectivity index (χ0v) is 13.1. The SMILES string of the molecule is CN(Cc1ccc(C(=O)O)cc1)C(=O)c1ccc2ncccc2c1. The minimum absolute atomic E-state index is 0.0944. The molecule has 0 saturated heterocycles. The number of benzene rings is 2. The van der Waals surface area contributed by atoms with Gasteiger partial charge in [0.1, 0.15) is 0 Å². The lowest BCUT2D eigenvalue weighted by Gasteiger charge is -2.17. The Kier molecular flexibility index (Phi) is 4.24. The number of aromatic nitrogens is 1. The van der Waals surface area contributed by atoms with Crippen molar-refractivity contribution in [1.82, 2.24) is 9.88 Å². The van der Waals surface area contributed by atoms with Gasteiger partial charge in [-0.15, -0.1) is 0 Å². The Bertz CT molecular complexity index is 904. The zero-order valence-electron chi connectivity index (χ0n) is 13.1. The van der Waals surface area contributed by atoms with Gasteiger partial charge in [-0.1, -0.05) is 18.2 Å². The van der Waals surface area contributed by atoms with Crippen molar-refractivity contribution in [3.8, 4) is 0 Å². The van der Waals surface area contributed by atoms with Crippen LogP contribution >= 0.6 is 0 Å². The number of hydrogen-bond donors (Lipinski definition) is 1. The van der Waals surface area contributed by atoms with Crippen LogP contribution in [0, 0.1) is 0 Å². The van der Waals surface area contributed by atoms with Crippen LogP contribution in [-0.4, -0.2) is 33.9 Å². The summed E-state index contributed by atoms with van der Waals surface area (Å²) in [4.78, 5) is 29.3. The first-order chi connectivity index (χ1) is 11.5. The molecule has 0 unspecified atom stereocenters. The molecule has 24 heavy (non-hydrogen) atoms. The highest BCUT2D eigenvalue weighted by atomic mass is 16.4. The van der Waals surface area contributed by atoms with Gasteiger partial charge >= 0.3 is 5.97 Å². The van der Waals surface area contributed by atoms with E-state index < -0.39 is 5.97 Å². The monoisotopic (exact) mass is 320 g/mol. The average molecular weight is 320 g/mol. The van der Waals surface area contributed by atoms with Crippen LogP contribution in [0.1, 0.15) is 26.3 Å². The number of fused-ring (bicyclic) bond motifs is 1. The molecule has 2 aromatic carbocycles. The zero-order chi connectivity index (χ0) is 17.1. The van der Waals surface area contributed by atoms with Crippen LogP contribution in [0.4, 0.5) is 0 Å². The van der Waals surface area contributed by atoms with E-state index in [9.17, 15) is 9.59 Å². The second-order valence-electron chi connectivity index (χ2n) is 5.57. The van der Waals surface area contributed by atoms with Crippen molar-refractivity contribution in [2.24, 2.45) is 0 Å². The first-order valence-electron chi connectivity index (χ1n) is 7.47. The van der Waals surface area contributed by atoms with Crippen LogP contribution in [0.25, 0.3) is 10.9 Å². The third-order valence-corrected chi connectivity index (χ3v) is 3.82. The Morgan fingerprint density at radius 2 is 1.75 bits per heavy atom. The Labute approximate surface area is 139 Å². The third-order valence-electron chi connectivity index (χ3n) is 3.82. The Morgan fingerprint density at radius 3 is 2.46 bits per heavy atom. The van der Waals surface area contributed by atoms with Crippen molar-refractivity contribution in [3.63, 3.8) is 0 Å². The number of pyridine rings is 1. The molecule has 0 spiro atoms. The fourth-order valence-corrected chi connectivity index (χ4v) is 2.53. The van der Waals surface area contributed by atoms with Crippen molar-refractivity contribution in [1.29, 1.82) is 0 Å². The summed E-state index contributed by atoms with van der Waals surface area (Å²) in [7, 11) is 1.72. The van der Waals surface area contributed by atoms with Gasteiger partial charge in [0.2, 0.25) is 0 Å². The number of aromatic carboxylic acids is 1. The molecule has 3 rings (SSSR count). The number of nitrogens with zero attached hydrogens (tertiary/aromatic N) is 2. The normalized spacial score (nSPS) is 10.5. The molecular weight excluding hydrogens is 304 g/mol. The molecule has 1 heterocycles. The molecule has 5 heteroatoms. The van der Waals surface area contributed by atoms with Gasteiger partial charge in [-0.25, -0.2) is 4.79 Å². The lowest BCUT2D eigenvalue weighted by atomic mass is 10.1. The summed E-state index contributed by atoms with van der Waals surface area (Å²) in [5.74, 6) is -1.06. The van der Waals surface area contributed by atoms with Gasteiger partial charge in [-0.05, 0) is 42.0 Å². The molecule has 0 saturated carbocycles. The van der Waals surface area contributed by atoms with Crippen LogP contribution in [0.2, 0.25) is 0 Å². The summed E-state index contributed by atoms with van der Waals surface area (Å²) in [5.41, 5.74) is 2.55. The molecule has 1 aromatic heterocycles. The predicted octanol–water partition coefficient (Wildman–Crippen LogP) is 3.21. The number of carboxylic acid groups (broad SMARTS) is 1. The molecule has 0 fully saturated rings. The van der Waals surface area contributed by atoms with E-state index in [0.717, 1.165) is 16.5 Å². The molecule has 0 radical (unpaired) electrons. The van der Waals surface area contributed by atoms with Crippen LogP contribution < -0.4 is 0 Å². The summed E-state index contributed by atoms with van der Waals surface area (Å²) in [5, 5.41) is 9.83. The van der Waals surface area contributed by atoms with E-state index in [1.54, 1.807) is 36.3 Å². The molecule has 0 aliphatic rings. The lowest BCUT2D eigenvalue weighted by Crippen LogP contribution is -2.26. The van der Waals surface area contributed by atoms with Crippen LogP contribution in [0.5, 0.6) is 0 Å². The molecule has 120 valence electrons. The second kappa shape index (κ2) is 6.50. The van der Waals surface area contributed by atoms with E-state index in [1.807, 2.05) is 24.3 Å². The summed E-state index contributed by atoms with van der Waals surface area (Å²) >= 11 is 0. The van der Waals surface area contributed by atoms with Gasteiger partial charge in [0.05, 0.1) is 11.1 Å². The third kappa shape index (κ3) is 3.25. The molecule has 5 nitrogen and oxygen atoms in total. The van der Waals surface area contributed by atoms with Crippen LogP contribution in [0.15, 0.2) is 60.8 Å². The van der Waals surface area contributed by atoms with Gasteiger partial charge in [-0.3, -0.25) is 9.78 Å². The highest BCUT2D eigenvalue weighted by Gasteiger charge is 2.13. The minimum Gasteiger partial charge on any atom is -0.478 e. The smallest absolute Gasteiger partial charge is 0.335 e. The van der Waals surface area contributed by atoms with E-state index in [1.165, 1.54) is 12.1 Å². The summed E-state index contributed by atoms with van der Waals surface area (Å²) in [6, 6.07) is 15.7. The van der Waals surface area contributed by atoms with E-state index in [4.69, 9.17) is 5.11 Å². The molecule has 0 atom stereocenters. The van der Waals surface area contributed by atoms with Gasteiger partial charge < -0.3 is 10.0 Å². The Morgan fingerprint density at radius 1 is 1.04 bits per heavy atom. The highest BCUT2D eigenvalue weighted by Crippen LogP contribution is 2.16. The quantitative estimate of drug-likeness (QED) is 0.801.